The summed E-state index contributed by atoms with van der Waals surface area (Å²) >= 11 is 0. The van der Waals surface area contributed by atoms with E-state index in [1.807, 2.05) is 48.5 Å². The number of methoxy groups -OCH3 is 1. The molecule has 0 fully saturated rings. The molecule has 130 valence electrons. The van der Waals surface area contributed by atoms with Crippen LogP contribution in [0.25, 0.3) is 0 Å². The fourth-order valence-electron chi connectivity index (χ4n) is 3.12. The van der Waals surface area contributed by atoms with Crippen molar-refractivity contribution in [2.24, 2.45) is 0 Å². The van der Waals surface area contributed by atoms with Crippen LogP contribution in [0.15, 0.2) is 71.3 Å². The van der Waals surface area contributed by atoms with Crippen molar-refractivity contribution < 1.29 is 18.7 Å². The van der Waals surface area contributed by atoms with Crippen molar-refractivity contribution in [3.63, 3.8) is 0 Å². The minimum atomic E-state index is -0.604. The molecule has 1 atom stereocenters. The number of esters is 1. The van der Waals surface area contributed by atoms with Gasteiger partial charge in [-0.05, 0) is 30.3 Å². The molecule has 0 bridgehead atoms. The molecule has 0 saturated heterocycles. The topological polar surface area (TPSA) is 71.8 Å². The van der Waals surface area contributed by atoms with Crippen LogP contribution in [0, 0.1) is 0 Å². The number of ether oxygens (including phenoxy) is 1. The van der Waals surface area contributed by atoms with E-state index < -0.39 is 12.1 Å². The van der Waals surface area contributed by atoms with Gasteiger partial charge < -0.3 is 14.5 Å². The molecule has 2 heterocycles. The molecule has 1 aliphatic rings. The third kappa shape index (κ3) is 2.52. The molecule has 0 unspecified atom stereocenters. The lowest BCUT2D eigenvalue weighted by Crippen LogP contribution is -2.43. The highest BCUT2D eigenvalue weighted by atomic mass is 16.5. The highest BCUT2D eigenvalue weighted by Gasteiger charge is 2.37. The summed E-state index contributed by atoms with van der Waals surface area (Å²) in [5.74, 6) is -0.684. The number of anilines is 2. The van der Waals surface area contributed by atoms with Crippen LogP contribution in [0.5, 0.6) is 0 Å². The van der Waals surface area contributed by atoms with Gasteiger partial charge in [0.2, 0.25) is 5.76 Å². The summed E-state index contributed by atoms with van der Waals surface area (Å²) in [6.45, 7) is 0. The Morgan fingerprint density at radius 3 is 2.58 bits per heavy atom. The number of hydrogen-bond donors (Lipinski definition) is 1. The first kappa shape index (κ1) is 16.0. The van der Waals surface area contributed by atoms with Crippen LogP contribution in [-0.4, -0.2) is 19.0 Å². The second-order valence-electron chi connectivity index (χ2n) is 5.80. The van der Waals surface area contributed by atoms with Gasteiger partial charge in [0.05, 0.1) is 18.9 Å². The van der Waals surface area contributed by atoms with Gasteiger partial charge in [0.1, 0.15) is 6.17 Å². The van der Waals surface area contributed by atoms with Crippen molar-refractivity contribution >= 4 is 23.3 Å². The first-order valence-electron chi connectivity index (χ1n) is 8.10. The van der Waals surface area contributed by atoms with Crippen LogP contribution < -0.4 is 10.2 Å². The van der Waals surface area contributed by atoms with Gasteiger partial charge in [0, 0.05) is 16.9 Å². The number of carbonyl (C=O) groups is 2. The van der Waals surface area contributed by atoms with E-state index in [1.54, 1.807) is 17.0 Å². The van der Waals surface area contributed by atoms with Crippen molar-refractivity contribution in [3.05, 3.63) is 83.8 Å². The second-order valence-corrected chi connectivity index (χ2v) is 5.80. The Hall–Kier alpha value is -3.54. The maximum atomic E-state index is 13.2. The van der Waals surface area contributed by atoms with Gasteiger partial charge >= 0.3 is 5.97 Å². The molecule has 3 aromatic rings. The van der Waals surface area contributed by atoms with Gasteiger partial charge in [-0.25, -0.2) is 4.79 Å². The van der Waals surface area contributed by atoms with Crippen LogP contribution in [-0.2, 0) is 4.74 Å². The Labute approximate surface area is 150 Å². The summed E-state index contributed by atoms with van der Waals surface area (Å²) in [7, 11) is 1.29. The molecular weight excluding hydrogens is 332 g/mol. The Kier molecular flexibility index (Phi) is 3.93. The summed E-state index contributed by atoms with van der Waals surface area (Å²) in [6, 6.07) is 18.2. The summed E-state index contributed by atoms with van der Waals surface area (Å²) in [6.07, 6.45) is 0.810. The number of carbonyl (C=O) groups excluding carboxylic acids is 2. The number of nitrogens with one attached hydrogen (secondary N) is 1. The minimum absolute atomic E-state index is 0.0677. The summed E-state index contributed by atoms with van der Waals surface area (Å²) in [5.41, 5.74) is 2.51. The molecule has 6 heteroatoms. The van der Waals surface area contributed by atoms with Gasteiger partial charge in [-0.15, -0.1) is 0 Å². The Bertz CT molecular complexity index is 965. The number of para-hydroxylation sites is 2. The highest BCUT2D eigenvalue weighted by Crippen LogP contribution is 2.37. The third-order valence-electron chi connectivity index (χ3n) is 4.32. The number of furan rings is 1. The SMILES string of the molecule is COC(=O)c1occc1[C@@H]1Nc2ccccc2C(=O)N1c1ccccc1. The van der Waals surface area contributed by atoms with Crippen LogP contribution in [0.2, 0.25) is 0 Å². The Balaban J connectivity index is 1.87. The molecule has 4 rings (SSSR count). The molecule has 6 nitrogen and oxygen atoms in total. The highest BCUT2D eigenvalue weighted by molar-refractivity contribution is 6.12. The lowest BCUT2D eigenvalue weighted by Gasteiger charge is -2.37. The van der Waals surface area contributed by atoms with Gasteiger partial charge in [-0.3, -0.25) is 9.69 Å². The monoisotopic (exact) mass is 348 g/mol. The van der Waals surface area contributed by atoms with Crippen LogP contribution in [0.4, 0.5) is 11.4 Å². The van der Waals surface area contributed by atoms with Crippen molar-refractivity contribution in [1.82, 2.24) is 0 Å². The molecule has 1 amide bonds. The van der Waals surface area contributed by atoms with E-state index in [-0.39, 0.29) is 11.7 Å². The molecule has 1 aliphatic heterocycles. The number of fused-ring (bicyclic) bond motifs is 1. The van der Waals surface area contributed by atoms with Gasteiger partial charge in [-0.2, -0.15) is 0 Å². The average Bonchev–Trinajstić information content (AvgIpc) is 3.17. The Morgan fingerprint density at radius 1 is 1.08 bits per heavy atom. The number of benzene rings is 2. The van der Waals surface area contributed by atoms with Crippen molar-refractivity contribution in [2.45, 2.75) is 6.17 Å². The van der Waals surface area contributed by atoms with E-state index >= 15 is 0 Å². The van der Waals surface area contributed by atoms with Crippen LogP contribution in [0.1, 0.15) is 32.6 Å². The fourth-order valence-corrected chi connectivity index (χ4v) is 3.12. The van der Waals surface area contributed by atoms with E-state index in [4.69, 9.17) is 9.15 Å². The van der Waals surface area contributed by atoms with Gasteiger partial charge in [0.15, 0.2) is 0 Å². The van der Waals surface area contributed by atoms with E-state index in [0.717, 1.165) is 0 Å². The number of nitrogens with zero attached hydrogens (tertiary/aromatic N) is 1. The molecule has 1 N–H and O–H groups in total. The van der Waals surface area contributed by atoms with E-state index in [2.05, 4.69) is 5.32 Å². The average molecular weight is 348 g/mol. The molecule has 1 aromatic heterocycles. The zero-order chi connectivity index (χ0) is 18.1. The van der Waals surface area contributed by atoms with Gasteiger partial charge in [0.25, 0.3) is 5.91 Å². The van der Waals surface area contributed by atoms with Crippen molar-refractivity contribution in [1.29, 1.82) is 0 Å². The summed E-state index contributed by atoms with van der Waals surface area (Å²) in [5, 5.41) is 3.34. The normalized spacial score (nSPS) is 16.0. The van der Waals surface area contributed by atoms with E-state index in [1.165, 1.54) is 13.4 Å². The molecule has 0 aliphatic carbocycles. The smallest absolute Gasteiger partial charge is 0.374 e. The molecule has 26 heavy (non-hydrogen) atoms. The zero-order valence-electron chi connectivity index (χ0n) is 14.0. The third-order valence-corrected chi connectivity index (χ3v) is 4.32. The van der Waals surface area contributed by atoms with E-state index in [0.29, 0.717) is 22.5 Å². The summed E-state index contributed by atoms with van der Waals surface area (Å²) < 4.78 is 10.1. The maximum Gasteiger partial charge on any atom is 0.374 e. The fraction of sp³-hybridized carbons (Fsp3) is 0.100. The predicted molar refractivity (Wildman–Crippen MR) is 96.1 cm³/mol. The standard InChI is InChI=1S/C20H16N2O4/c1-25-20(24)17-15(11-12-26-17)18-21-16-10-6-5-9-14(16)19(23)22(18)13-7-3-2-4-8-13/h2-12,18,21H,1H3/t18-/m1/s1. The largest absolute Gasteiger partial charge is 0.463 e. The molecule has 0 spiro atoms. The Morgan fingerprint density at radius 2 is 1.81 bits per heavy atom. The van der Waals surface area contributed by atoms with Crippen molar-refractivity contribution in [3.8, 4) is 0 Å². The minimum Gasteiger partial charge on any atom is -0.463 e. The van der Waals surface area contributed by atoms with Gasteiger partial charge in [-0.1, -0.05) is 30.3 Å². The maximum absolute atomic E-state index is 13.2. The molecule has 0 radical (unpaired) electrons. The number of amides is 1. The lowest BCUT2D eigenvalue weighted by molar-refractivity contribution is 0.0562. The molecule has 2 aromatic carbocycles. The molecular formula is C20H16N2O4. The number of rotatable bonds is 3. The van der Waals surface area contributed by atoms with E-state index in [9.17, 15) is 9.59 Å². The van der Waals surface area contributed by atoms with Crippen LogP contribution in [0.3, 0.4) is 0 Å². The lowest BCUT2D eigenvalue weighted by atomic mass is 10.0. The van der Waals surface area contributed by atoms with Crippen molar-refractivity contribution in [2.75, 3.05) is 17.3 Å². The first-order valence-corrected chi connectivity index (χ1v) is 8.10. The quantitative estimate of drug-likeness (QED) is 0.728. The van der Waals surface area contributed by atoms with Crippen LogP contribution >= 0.6 is 0 Å². The summed E-state index contributed by atoms with van der Waals surface area (Å²) in [4.78, 5) is 26.9. The number of hydrogen-bond acceptors (Lipinski definition) is 5. The first-order chi connectivity index (χ1) is 12.7. The molecule has 0 saturated carbocycles. The zero-order valence-corrected chi connectivity index (χ0v) is 14.0. The predicted octanol–water partition coefficient (Wildman–Crippen LogP) is 3.84. The second kappa shape index (κ2) is 6.40.